The van der Waals surface area contributed by atoms with Crippen LogP contribution >= 0.6 is 0 Å². The van der Waals surface area contributed by atoms with E-state index in [0.717, 1.165) is 50.3 Å². The number of hydrogen-bond donors (Lipinski definition) is 1. The summed E-state index contributed by atoms with van der Waals surface area (Å²) in [6, 6.07) is 2.84. The minimum atomic E-state index is -3.99. The van der Waals surface area contributed by atoms with E-state index in [2.05, 4.69) is 0 Å². The lowest BCUT2D eigenvalue weighted by atomic mass is 10.1. The van der Waals surface area contributed by atoms with Crippen molar-refractivity contribution < 1.29 is 22.7 Å². The van der Waals surface area contributed by atoms with Crippen LogP contribution in [0, 0.1) is 5.82 Å². The molecule has 1 aliphatic heterocycles. The number of carbonyl (C=O) groups is 1. The van der Waals surface area contributed by atoms with E-state index in [0.29, 0.717) is 13.1 Å². The minimum absolute atomic E-state index is 0.234. The van der Waals surface area contributed by atoms with Gasteiger partial charge in [-0.3, -0.25) is 0 Å². The maximum absolute atomic E-state index is 13.9. The number of sulfonamides is 1. The first-order valence-corrected chi connectivity index (χ1v) is 8.40. The molecule has 0 radical (unpaired) electrons. The van der Waals surface area contributed by atoms with E-state index in [4.69, 9.17) is 5.11 Å². The van der Waals surface area contributed by atoms with Gasteiger partial charge in [0.25, 0.3) is 0 Å². The van der Waals surface area contributed by atoms with E-state index in [1.165, 1.54) is 4.31 Å². The number of aromatic carboxylic acids is 1. The molecule has 116 valence electrons. The average Bonchev–Trinajstić information content (AvgIpc) is 2.37. The van der Waals surface area contributed by atoms with Gasteiger partial charge in [0.2, 0.25) is 10.0 Å². The molecule has 2 rings (SSSR count). The molecule has 21 heavy (non-hydrogen) atoms. The van der Waals surface area contributed by atoms with Crippen molar-refractivity contribution in [1.82, 2.24) is 4.31 Å². The Bertz CT molecular complexity index is 622. The Morgan fingerprint density at radius 1 is 1.10 bits per heavy atom. The summed E-state index contributed by atoms with van der Waals surface area (Å²) in [6.45, 7) is 0.693. The van der Waals surface area contributed by atoms with E-state index in [1.807, 2.05) is 0 Å². The van der Waals surface area contributed by atoms with Gasteiger partial charge in [-0.05, 0) is 31.0 Å². The van der Waals surface area contributed by atoms with E-state index in [-0.39, 0.29) is 5.56 Å². The van der Waals surface area contributed by atoms with Crippen molar-refractivity contribution in [2.24, 2.45) is 0 Å². The van der Waals surface area contributed by atoms with Crippen molar-refractivity contribution in [3.8, 4) is 0 Å². The summed E-state index contributed by atoms with van der Waals surface area (Å²) in [7, 11) is -3.99. The average molecular weight is 315 g/mol. The summed E-state index contributed by atoms with van der Waals surface area (Å²) < 4.78 is 40.2. The van der Waals surface area contributed by atoms with Crippen molar-refractivity contribution in [1.29, 1.82) is 0 Å². The minimum Gasteiger partial charge on any atom is -0.478 e. The molecular weight excluding hydrogens is 297 g/mol. The van der Waals surface area contributed by atoms with Crippen LogP contribution in [0.15, 0.2) is 23.1 Å². The molecule has 0 aliphatic carbocycles. The largest absolute Gasteiger partial charge is 0.478 e. The molecule has 1 heterocycles. The lowest BCUT2D eigenvalue weighted by Gasteiger charge is -2.24. The molecular formula is C14H18FNO4S. The van der Waals surface area contributed by atoms with Gasteiger partial charge in [-0.15, -0.1) is 0 Å². The van der Waals surface area contributed by atoms with E-state index in [9.17, 15) is 17.6 Å². The van der Waals surface area contributed by atoms with Crippen molar-refractivity contribution >= 4 is 16.0 Å². The predicted molar refractivity (Wildman–Crippen MR) is 75.2 cm³/mol. The number of halogens is 1. The summed E-state index contributed by atoms with van der Waals surface area (Å²) in [4.78, 5) is 10.4. The molecule has 5 nitrogen and oxygen atoms in total. The standard InChI is InChI=1S/C14H18FNO4S/c15-12-7-6-11(14(17)18)10-13(12)21(19,20)16-8-4-2-1-3-5-9-16/h6-7,10H,1-5,8-9H2,(H,17,18). The fourth-order valence-electron chi connectivity index (χ4n) is 2.43. The van der Waals surface area contributed by atoms with Crippen molar-refractivity contribution in [3.05, 3.63) is 29.6 Å². The fourth-order valence-corrected chi connectivity index (χ4v) is 4.04. The molecule has 0 aromatic heterocycles. The number of rotatable bonds is 3. The number of carboxylic acids is 1. The summed E-state index contributed by atoms with van der Waals surface area (Å²) >= 11 is 0. The number of benzene rings is 1. The molecule has 0 unspecified atom stereocenters. The van der Waals surface area contributed by atoms with Crippen LogP contribution in [-0.4, -0.2) is 36.9 Å². The number of carboxylic acid groups (broad SMARTS) is 1. The highest BCUT2D eigenvalue weighted by Crippen LogP contribution is 2.23. The highest BCUT2D eigenvalue weighted by Gasteiger charge is 2.28. The van der Waals surface area contributed by atoms with E-state index < -0.39 is 26.7 Å². The van der Waals surface area contributed by atoms with Gasteiger partial charge in [-0.25, -0.2) is 17.6 Å². The third kappa shape index (κ3) is 3.59. The van der Waals surface area contributed by atoms with Crippen molar-refractivity contribution in [2.75, 3.05) is 13.1 Å². The van der Waals surface area contributed by atoms with Gasteiger partial charge in [0.1, 0.15) is 10.7 Å². The summed E-state index contributed by atoms with van der Waals surface area (Å²) in [6.07, 6.45) is 4.45. The zero-order chi connectivity index (χ0) is 15.5. The molecule has 0 saturated carbocycles. The molecule has 1 N–H and O–H groups in total. The van der Waals surface area contributed by atoms with Crippen molar-refractivity contribution in [2.45, 2.75) is 37.0 Å². The van der Waals surface area contributed by atoms with Gasteiger partial charge < -0.3 is 5.11 Å². The Hall–Kier alpha value is -1.47. The highest BCUT2D eigenvalue weighted by molar-refractivity contribution is 7.89. The predicted octanol–water partition coefficient (Wildman–Crippen LogP) is 2.48. The topological polar surface area (TPSA) is 74.7 Å². The second-order valence-corrected chi connectivity index (χ2v) is 7.03. The van der Waals surface area contributed by atoms with Crippen LogP contribution in [0.4, 0.5) is 4.39 Å². The lowest BCUT2D eigenvalue weighted by Crippen LogP contribution is -2.34. The van der Waals surface area contributed by atoms with Gasteiger partial charge in [0.15, 0.2) is 0 Å². The Morgan fingerprint density at radius 3 is 2.24 bits per heavy atom. The molecule has 7 heteroatoms. The molecule has 0 atom stereocenters. The van der Waals surface area contributed by atoms with E-state index in [1.54, 1.807) is 0 Å². The van der Waals surface area contributed by atoms with Crippen LogP contribution in [0.2, 0.25) is 0 Å². The second-order valence-electron chi connectivity index (χ2n) is 5.12. The molecule has 1 fully saturated rings. The van der Waals surface area contributed by atoms with Crippen molar-refractivity contribution in [3.63, 3.8) is 0 Å². The van der Waals surface area contributed by atoms with Gasteiger partial charge in [0, 0.05) is 13.1 Å². The summed E-state index contributed by atoms with van der Waals surface area (Å²) in [5.74, 6) is -2.19. The SMILES string of the molecule is O=C(O)c1ccc(F)c(S(=O)(=O)N2CCCCCCC2)c1. The monoisotopic (exact) mass is 315 g/mol. The first-order chi connectivity index (χ1) is 9.93. The molecule has 0 amide bonds. The molecule has 1 aliphatic rings. The molecule has 1 aromatic carbocycles. The quantitative estimate of drug-likeness (QED) is 0.930. The molecule has 0 bridgehead atoms. The van der Waals surface area contributed by atoms with Crippen LogP contribution in [0.25, 0.3) is 0 Å². The van der Waals surface area contributed by atoms with Gasteiger partial charge in [-0.1, -0.05) is 19.3 Å². The smallest absolute Gasteiger partial charge is 0.335 e. The zero-order valence-electron chi connectivity index (χ0n) is 11.6. The lowest BCUT2D eigenvalue weighted by molar-refractivity contribution is 0.0696. The maximum atomic E-state index is 13.9. The van der Waals surface area contributed by atoms with E-state index >= 15 is 0 Å². The van der Waals surface area contributed by atoms with Gasteiger partial charge in [-0.2, -0.15) is 4.31 Å². The molecule has 1 aromatic rings. The Labute approximate surface area is 123 Å². The van der Waals surface area contributed by atoms with Crippen LogP contribution in [0.3, 0.4) is 0 Å². The highest BCUT2D eigenvalue weighted by atomic mass is 32.2. The van der Waals surface area contributed by atoms with Gasteiger partial charge >= 0.3 is 5.97 Å². The Balaban J connectivity index is 2.37. The normalized spacial score (nSPS) is 18.0. The zero-order valence-corrected chi connectivity index (χ0v) is 12.4. The molecule has 1 saturated heterocycles. The van der Waals surface area contributed by atoms with Gasteiger partial charge in [0.05, 0.1) is 5.56 Å². The van der Waals surface area contributed by atoms with Crippen LogP contribution < -0.4 is 0 Å². The first-order valence-electron chi connectivity index (χ1n) is 6.96. The number of nitrogens with zero attached hydrogens (tertiary/aromatic N) is 1. The summed E-state index contributed by atoms with van der Waals surface area (Å²) in [5, 5.41) is 8.93. The number of hydrogen-bond acceptors (Lipinski definition) is 3. The van der Waals surface area contributed by atoms with Crippen LogP contribution in [-0.2, 0) is 10.0 Å². The third-order valence-electron chi connectivity index (χ3n) is 3.61. The summed E-state index contributed by atoms with van der Waals surface area (Å²) in [5.41, 5.74) is -0.234. The molecule has 0 spiro atoms. The second kappa shape index (κ2) is 6.53. The Morgan fingerprint density at radius 2 is 1.67 bits per heavy atom. The van der Waals surface area contributed by atoms with Crippen LogP contribution in [0.1, 0.15) is 42.5 Å². The Kier molecular flexibility index (Phi) is 4.95. The third-order valence-corrected chi connectivity index (χ3v) is 5.52. The fraction of sp³-hybridized carbons (Fsp3) is 0.500. The maximum Gasteiger partial charge on any atom is 0.335 e. The first kappa shape index (κ1) is 15.9. The van der Waals surface area contributed by atoms with Crippen LogP contribution in [0.5, 0.6) is 0 Å².